The van der Waals surface area contributed by atoms with Gasteiger partial charge in [-0.2, -0.15) is 0 Å². The number of rotatable bonds is 2. The van der Waals surface area contributed by atoms with E-state index in [9.17, 15) is 4.79 Å². The summed E-state index contributed by atoms with van der Waals surface area (Å²) in [6.07, 6.45) is 0. The van der Waals surface area contributed by atoms with E-state index in [1.807, 2.05) is 6.07 Å². The van der Waals surface area contributed by atoms with Crippen molar-refractivity contribution in [2.75, 3.05) is 5.88 Å². The number of hydrogen-bond donors (Lipinski definition) is 0. The Balaban J connectivity index is 2.56. The first-order valence-corrected chi connectivity index (χ1v) is 5.59. The quantitative estimate of drug-likeness (QED) is 0.462. The third-order valence-corrected chi connectivity index (χ3v) is 3.32. The second-order valence-electron chi connectivity index (χ2n) is 2.68. The highest BCUT2D eigenvalue weighted by Crippen LogP contribution is 2.25. The third kappa shape index (κ3) is 1.75. The maximum Gasteiger partial charge on any atom is 0.187 e. The molecule has 0 fully saturated rings. The molecule has 2 aromatic rings. The minimum Gasteiger partial charge on any atom is -0.292 e. The van der Waals surface area contributed by atoms with Crippen molar-refractivity contribution in [3.63, 3.8) is 0 Å². The van der Waals surface area contributed by atoms with E-state index >= 15 is 0 Å². The number of Topliss-reactive ketones (excluding diaryl/α,β-unsaturated/α-hetero) is 1. The first-order valence-electron chi connectivity index (χ1n) is 3.86. The number of thiophene rings is 1. The standard InChI is InChI=1S/C9H5Cl2NOS/c10-4-6(13)8-3-5-7(14-8)1-2-9(11)12-5/h1-3H,4H2. The van der Waals surface area contributed by atoms with Crippen molar-refractivity contribution in [2.24, 2.45) is 0 Å². The van der Waals surface area contributed by atoms with Crippen molar-refractivity contribution in [2.45, 2.75) is 0 Å². The number of alkyl halides is 1. The summed E-state index contributed by atoms with van der Waals surface area (Å²) in [5.41, 5.74) is 0.746. The average molecular weight is 246 g/mol. The molecular weight excluding hydrogens is 241 g/mol. The van der Waals surface area contributed by atoms with Crippen LogP contribution in [0.2, 0.25) is 5.15 Å². The highest BCUT2D eigenvalue weighted by molar-refractivity contribution is 7.20. The molecule has 0 aliphatic rings. The van der Waals surface area contributed by atoms with Crippen molar-refractivity contribution in [3.8, 4) is 0 Å². The number of ketones is 1. The van der Waals surface area contributed by atoms with E-state index < -0.39 is 0 Å². The molecule has 0 unspecified atom stereocenters. The van der Waals surface area contributed by atoms with Gasteiger partial charge < -0.3 is 0 Å². The van der Waals surface area contributed by atoms with Crippen LogP contribution in [0.5, 0.6) is 0 Å². The zero-order valence-electron chi connectivity index (χ0n) is 6.96. The van der Waals surface area contributed by atoms with Gasteiger partial charge in [-0.05, 0) is 18.2 Å². The van der Waals surface area contributed by atoms with Gasteiger partial charge in [-0.1, -0.05) is 11.6 Å². The van der Waals surface area contributed by atoms with E-state index in [1.165, 1.54) is 11.3 Å². The molecule has 2 aromatic heterocycles. The van der Waals surface area contributed by atoms with Crippen LogP contribution in [-0.4, -0.2) is 16.6 Å². The molecule has 0 aliphatic heterocycles. The van der Waals surface area contributed by atoms with Gasteiger partial charge in [0.05, 0.1) is 21.0 Å². The second-order valence-corrected chi connectivity index (χ2v) is 4.42. The maximum atomic E-state index is 11.3. The first-order chi connectivity index (χ1) is 6.70. The van der Waals surface area contributed by atoms with E-state index in [2.05, 4.69) is 4.98 Å². The Labute approximate surface area is 94.5 Å². The van der Waals surface area contributed by atoms with Gasteiger partial charge in [0.15, 0.2) is 5.78 Å². The van der Waals surface area contributed by atoms with Gasteiger partial charge in [-0.25, -0.2) is 4.98 Å². The Kier molecular flexibility index (Phi) is 2.72. The number of carbonyl (C=O) groups is 1. The number of carbonyl (C=O) groups excluding carboxylic acids is 1. The predicted molar refractivity (Wildman–Crippen MR) is 59.7 cm³/mol. The number of hydrogen-bond acceptors (Lipinski definition) is 3. The summed E-state index contributed by atoms with van der Waals surface area (Å²) in [5, 5.41) is 0.431. The number of halogens is 2. The van der Waals surface area contributed by atoms with Crippen LogP contribution in [0, 0.1) is 0 Å². The van der Waals surface area contributed by atoms with E-state index in [0.717, 1.165) is 10.2 Å². The Morgan fingerprint density at radius 1 is 1.50 bits per heavy atom. The molecule has 0 aliphatic carbocycles. The molecule has 0 atom stereocenters. The van der Waals surface area contributed by atoms with Crippen LogP contribution in [0.4, 0.5) is 0 Å². The van der Waals surface area contributed by atoms with Crippen LogP contribution in [0.3, 0.4) is 0 Å². The fourth-order valence-electron chi connectivity index (χ4n) is 1.10. The molecule has 5 heteroatoms. The number of pyridine rings is 1. The second kappa shape index (κ2) is 3.85. The van der Waals surface area contributed by atoms with Crippen molar-refractivity contribution >= 4 is 50.5 Å². The van der Waals surface area contributed by atoms with Crippen LogP contribution in [0.1, 0.15) is 9.67 Å². The van der Waals surface area contributed by atoms with Gasteiger partial charge in [0, 0.05) is 0 Å². The SMILES string of the molecule is O=C(CCl)c1cc2nc(Cl)ccc2s1. The lowest BCUT2D eigenvalue weighted by molar-refractivity contribution is 0.102. The Bertz CT molecular complexity index is 495. The zero-order valence-corrected chi connectivity index (χ0v) is 9.29. The van der Waals surface area contributed by atoms with Crippen molar-refractivity contribution in [1.29, 1.82) is 0 Å². The lowest BCUT2D eigenvalue weighted by atomic mass is 10.3. The number of nitrogens with zero attached hydrogens (tertiary/aromatic N) is 1. The fourth-order valence-corrected chi connectivity index (χ4v) is 2.42. The minimum atomic E-state index is -0.0780. The molecule has 0 amide bonds. The molecule has 0 saturated heterocycles. The molecule has 2 heterocycles. The average Bonchev–Trinajstić information content (AvgIpc) is 2.59. The fraction of sp³-hybridized carbons (Fsp3) is 0.111. The maximum absolute atomic E-state index is 11.3. The molecule has 0 aromatic carbocycles. The smallest absolute Gasteiger partial charge is 0.187 e. The van der Waals surface area contributed by atoms with Crippen LogP contribution in [0.25, 0.3) is 10.2 Å². The van der Waals surface area contributed by atoms with E-state index in [4.69, 9.17) is 23.2 Å². The summed E-state index contributed by atoms with van der Waals surface area (Å²) >= 11 is 12.6. The summed E-state index contributed by atoms with van der Waals surface area (Å²) in [4.78, 5) is 16.0. The van der Waals surface area contributed by atoms with Crippen molar-refractivity contribution in [3.05, 3.63) is 28.2 Å². The van der Waals surface area contributed by atoms with Gasteiger partial charge in [0.2, 0.25) is 0 Å². The van der Waals surface area contributed by atoms with Crippen LogP contribution >= 0.6 is 34.5 Å². The molecule has 2 nitrogen and oxygen atoms in total. The topological polar surface area (TPSA) is 30.0 Å². The largest absolute Gasteiger partial charge is 0.292 e. The number of aromatic nitrogens is 1. The van der Waals surface area contributed by atoms with Crippen molar-refractivity contribution in [1.82, 2.24) is 4.98 Å². The van der Waals surface area contributed by atoms with Crippen LogP contribution < -0.4 is 0 Å². The molecule has 0 radical (unpaired) electrons. The van der Waals surface area contributed by atoms with Crippen molar-refractivity contribution < 1.29 is 4.79 Å². The first kappa shape index (κ1) is 9.90. The van der Waals surface area contributed by atoms with E-state index in [1.54, 1.807) is 12.1 Å². The molecular formula is C9H5Cl2NOS. The zero-order chi connectivity index (χ0) is 10.1. The normalized spacial score (nSPS) is 10.7. The molecule has 14 heavy (non-hydrogen) atoms. The molecule has 0 N–H and O–H groups in total. The minimum absolute atomic E-state index is 0.000550. The summed E-state index contributed by atoms with van der Waals surface area (Å²) in [5.74, 6) is -0.0774. The molecule has 0 spiro atoms. The predicted octanol–water partition coefficient (Wildman–Crippen LogP) is 3.37. The van der Waals surface area contributed by atoms with E-state index in [-0.39, 0.29) is 11.7 Å². The van der Waals surface area contributed by atoms with Crippen LogP contribution in [-0.2, 0) is 0 Å². The third-order valence-electron chi connectivity index (χ3n) is 1.74. The Morgan fingerprint density at radius 2 is 2.29 bits per heavy atom. The summed E-state index contributed by atoms with van der Waals surface area (Å²) < 4.78 is 0.947. The van der Waals surface area contributed by atoms with E-state index in [0.29, 0.717) is 10.0 Å². The molecule has 0 saturated carbocycles. The molecule has 2 rings (SSSR count). The Hall–Kier alpha value is -0.640. The monoisotopic (exact) mass is 245 g/mol. The Morgan fingerprint density at radius 3 is 3.00 bits per heavy atom. The van der Waals surface area contributed by atoms with Gasteiger partial charge >= 0.3 is 0 Å². The van der Waals surface area contributed by atoms with Crippen LogP contribution in [0.15, 0.2) is 18.2 Å². The summed E-state index contributed by atoms with van der Waals surface area (Å²) in [6, 6.07) is 5.27. The van der Waals surface area contributed by atoms with Gasteiger partial charge in [-0.3, -0.25) is 4.79 Å². The van der Waals surface area contributed by atoms with Gasteiger partial charge in [-0.15, -0.1) is 22.9 Å². The highest BCUT2D eigenvalue weighted by Gasteiger charge is 2.09. The highest BCUT2D eigenvalue weighted by atomic mass is 35.5. The lowest BCUT2D eigenvalue weighted by Crippen LogP contribution is -1.95. The lowest BCUT2D eigenvalue weighted by Gasteiger charge is -1.87. The summed E-state index contributed by atoms with van der Waals surface area (Å²) in [6.45, 7) is 0. The molecule has 72 valence electrons. The van der Waals surface area contributed by atoms with Gasteiger partial charge in [0.1, 0.15) is 5.15 Å². The molecule has 0 bridgehead atoms. The summed E-state index contributed by atoms with van der Waals surface area (Å²) in [7, 11) is 0. The van der Waals surface area contributed by atoms with Gasteiger partial charge in [0.25, 0.3) is 0 Å². The number of fused-ring (bicyclic) bond motifs is 1.